The molecule has 0 heterocycles. The Kier molecular flexibility index (Phi) is 5.24. The molecule has 0 spiro atoms. The van der Waals surface area contributed by atoms with Crippen LogP contribution in [0, 0.1) is 10.8 Å². The summed E-state index contributed by atoms with van der Waals surface area (Å²) < 4.78 is 5.27. The summed E-state index contributed by atoms with van der Waals surface area (Å²) in [5, 5.41) is 12.4. The molecule has 0 aliphatic rings. The van der Waals surface area contributed by atoms with Crippen LogP contribution in [0.15, 0.2) is 0 Å². The minimum absolute atomic E-state index is 0.00470. The minimum atomic E-state index is -0.518. The monoisotopic (exact) mass is 259 g/mol. The summed E-state index contributed by atoms with van der Waals surface area (Å²) in [7, 11) is 0. The highest BCUT2D eigenvalue weighted by atomic mass is 16.6. The molecule has 0 aliphatic carbocycles. The van der Waals surface area contributed by atoms with E-state index in [1.807, 2.05) is 55.4 Å². The van der Waals surface area contributed by atoms with Gasteiger partial charge < -0.3 is 15.2 Å². The molecular weight excluding hydrogens is 230 g/mol. The van der Waals surface area contributed by atoms with Crippen molar-refractivity contribution < 1.29 is 14.6 Å². The summed E-state index contributed by atoms with van der Waals surface area (Å²) in [6.45, 7) is 15.5. The number of amides is 1. The quantitative estimate of drug-likeness (QED) is 0.819. The third kappa shape index (κ3) is 5.71. The first-order chi connectivity index (χ1) is 7.79. The Morgan fingerprint density at radius 2 is 1.56 bits per heavy atom. The molecule has 1 unspecified atom stereocenters. The lowest BCUT2D eigenvalue weighted by Crippen LogP contribution is -2.54. The van der Waals surface area contributed by atoms with Gasteiger partial charge in [-0.1, -0.05) is 34.6 Å². The number of hydrogen-bond acceptors (Lipinski definition) is 3. The van der Waals surface area contributed by atoms with Crippen molar-refractivity contribution in [3.63, 3.8) is 0 Å². The Bertz CT molecular complexity index is 284. The van der Waals surface area contributed by atoms with Crippen molar-refractivity contribution in [2.75, 3.05) is 6.61 Å². The van der Waals surface area contributed by atoms with Crippen LogP contribution in [0.5, 0.6) is 0 Å². The lowest BCUT2D eigenvalue weighted by atomic mass is 9.71. The molecule has 0 aromatic heterocycles. The number of rotatable bonds is 3. The van der Waals surface area contributed by atoms with Crippen LogP contribution in [-0.2, 0) is 4.74 Å². The second-order valence-electron chi connectivity index (χ2n) is 7.59. The number of hydrogen-bond donors (Lipinski definition) is 2. The molecule has 1 atom stereocenters. The van der Waals surface area contributed by atoms with E-state index in [4.69, 9.17) is 4.74 Å². The highest BCUT2D eigenvalue weighted by Crippen LogP contribution is 2.33. The smallest absolute Gasteiger partial charge is 0.407 e. The first kappa shape index (κ1) is 17.2. The highest BCUT2D eigenvalue weighted by molar-refractivity contribution is 5.68. The second kappa shape index (κ2) is 5.47. The van der Waals surface area contributed by atoms with Crippen molar-refractivity contribution in [1.82, 2.24) is 5.32 Å². The summed E-state index contributed by atoms with van der Waals surface area (Å²) >= 11 is 0. The maximum absolute atomic E-state index is 11.9. The van der Waals surface area contributed by atoms with Gasteiger partial charge in [-0.2, -0.15) is 0 Å². The molecular formula is C14H29NO3. The van der Waals surface area contributed by atoms with Gasteiger partial charge in [0, 0.05) is 11.5 Å². The van der Waals surface area contributed by atoms with Crippen LogP contribution in [0.25, 0.3) is 0 Å². The van der Waals surface area contributed by atoms with E-state index in [9.17, 15) is 9.90 Å². The number of aliphatic hydroxyl groups is 1. The minimum Gasteiger partial charge on any atom is -0.444 e. The highest BCUT2D eigenvalue weighted by Gasteiger charge is 2.39. The topological polar surface area (TPSA) is 58.6 Å². The van der Waals surface area contributed by atoms with Gasteiger partial charge in [0.05, 0.1) is 6.61 Å². The zero-order valence-corrected chi connectivity index (χ0v) is 13.0. The summed E-state index contributed by atoms with van der Waals surface area (Å²) in [4.78, 5) is 11.9. The Hall–Kier alpha value is -0.770. The molecule has 0 aromatic rings. The number of aliphatic hydroxyl groups excluding tert-OH is 1. The molecule has 18 heavy (non-hydrogen) atoms. The summed E-state index contributed by atoms with van der Waals surface area (Å²) in [6.07, 6.45) is -0.441. The van der Waals surface area contributed by atoms with Gasteiger partial charge >= 0.3 is 6.09 Å². The Balaban J connectivity index is 4.89. The molecule has 0 rings (SSSR count). The molecule has 0 radical (unpaired) electrons. The predicted octanol–water partition coefficient (Wildman–Crippen LogP) is 2.94. The largest absolute Gasteiger partial charge is 0.444 e. The summed E-state index contributed by atoms with van der Waals surface area (Å²) in [5.41, 5.74) is -1.09. The van der Waals surface area contributed by atoms with Gasteiger partial charge in [0.15, 0.2) is 0 Å². The number of alkyl carbamates (subject to hydrolysis) is 1. The van der Waals surface area contributed by atoms with Crippen LogP contribution >= 0.6 is 0 Å². The molecule has 4 nitrogen and oxygen atoms in total. The fraction of sp³-hybridized carbons (Fsp3) is 0.929. The van der Waals surface area contributed by atoms with E-state index in [1.165, 1.54) is 0 Å². The average Bonchev–Trinajstić information content (AvgIpc) is 2.09. The molecule has 0 saturated carbocycles. The molecule has 108 valence electrons. The normalized spacial score (nSPS) is 15.2. The molecule has 0 aromatic carbocycles. The van der Waals surface area contributed by atoms with E-state index in [2.05, 4.69) is 5.32 Å². The third-order valence-electron chi connectivity index (χ3n) is 2.72. The van der Waals surface area contributed by atoms with Gasteiger partial charge in [-0.25, -0.2) is 4.79 Å². The second-order valence-corrected chi connectivity index (χ2v) is 7.59. The lowest BCUT2D eigenvalue weighted by Gasteiger charge is -2.42. The molecule has 0 saturated heterocycles. The molecule has 0 aliphatic heterocycles. The first-order valence-corrected chi connectivity index (χ1v) is 6.40. The molecule has 1 amide bonds. The van der Waals surface area contributed by atoms with Gasteiger partial charge in [-0.3, -0.25) is 0 Å². The first-order valence-electron chi connectivity index (χ1n) is 6.40. The maximum Gasteiger partial charge on any atom is 0.407 e. The zero-order chi connectivity index (χ0) is 14.8. The van der Waals surface area contributed by atoms with Crippen molar-refractivity contribution >= 4 is 6.09 Å². The van der Waals surface area contributed by atoms with Crippen LogP contribution in [-0.4, -0.2) is 29.4 Å². The standard InChI is InChI=1S/C14H29NO3/c1-12(2,3)10(14(7,8)9-16)15-11(17)18-13(4,5)6/h10,16H,9H2,1-8H3,(H,15,17). The van der Waals surface area contributed by atoms with E-state index in [-0.39, 0.29) is 18.1 Å². The number of carbonyl (C=O) groups is 1. The molecule has 0 fully saturated rings. The van der Waals surface area contributed by atoms with Crippen molar-refractivity contribution in [1.29, 1.82) is 0 Å². The summed E-state index contributed by atoms with van der Waals surface area (Å²) in [6, 6.07) is -0.176. The van der Waals surface area contributed by atoms with Gasteiger partial charge in [-0.05, 0) is 26.2 Å². The van der Waals surface area contributed by atoms with E-state index >= 15 is 0 Å². The number of nitrogens with one attached hydrogen (secondary N) is 1. The van der Waals surface area contributed by atoms with E-state index in [0.717, 1.165) is 0 Å². The van der Waals surface area contributed by atoms with Crippen LogP contribution in [0.1, 0.15) is 55.4 Å². The van der Waals surface area contributed by atoms with Crippen molar-refractivity contribution in [3.8, 4) is 0 Å². The van der Waals surface area contributed by atoms with Crippen LogP contribution in [0.3, 0.4) is 0 Å². The van der Waals surface area contributed by atoms with Crippen molar-refractivity contribution in [2.24, 2.45) is 10.8 Å². The van der Waals surface area contributed by atoms with Gasteiger partial charge in [0.2, 0.25) is 0 Å². The fourth-order valence-corrected chi connectivity index (χ4v) is 2.10. The van der Waals surface area contributed by atoms with Gasteiger partial charge in [-0.15, -0.1) is 0 Å². The third-order valence-corrected chi connectivity index (χ3v) is 2.72. The van der Waals surface area contributed by atoms with Crippen LogP contribution < -0.4 is 5.32 Å². The summed E-state index contributed by atoms with van der Waals surface area (Å²) in [5.74, 6) is 0. The average molecular weight is 259 g/mol. The van der Waals surface area contributed by atoms with E-state index < -0.39 is 17.1 Å². The van der Waals surface area contributed by atoms with Gasteiger partial charge in [0.25, 0.3) is 0 Å². The number of ether oxygens (including phenoxy) is 1. The number of carbonyl (C=O) groups excluding carboxylic acids is 1. The van der Waals surface area contributed by atoms with Crippen molar-refractivity contribution in [2.45, 2.75) is 67.0 Å². The predicted molar refractivity (Wildman–Crippen MR) is 73.5 cm³/mol. The van der Waals surface area contributed by atoms with E-state index in [0.29, 0.717) is 0 Å². The van der Waals surface area contributed by atoms with Crippen molar-refractivity contribution in [3.05, 3.63) is 0 Å². The zero-order valence-electron chi connectivity index (χ0n) is 13.0. The SMILES string of the molecule is CC(C)(C)OC(=O)NC(C(C)(C)C)C(C)(C)CO. The fourth-order valence-electron chi connectivity index (χ4n) is 2.10. The molecule has 0 bridgehead atoms. The lowest BCUT2D eigenvalue weighted by molar-refractivity contribution is 0.0232. The molecule has 2 N–H and O–H groups in total. The molecule has 4 heteroatoms. The van der Waals surface area contributed by atoms with Gasteiger partial charge in [0.1, 0.15) is 5.60 Å². The van der Waals surface area contributed by atoms with Crippen LogP contribution in [0.4, 0.5) is 4.79 Å². The van der Waals surface area contributed by atoms with E-state index in [1.54, 1.807) is 0 Å². The maximum atomic E-state index is 11.9. The van der Waals surface area contributed by atoms with Crippen LogP contribution in [0.2, 0.25) is 0 Å². The Labute approximate surface area is 111 Å². The Morgan fingerprint density at radius 3 is 1.83 bits per heavy atom. The Morgan fingerprint density at radius 1 is 1.11 bits per heavy atom.